The number of fused-ring (bicyclic) bond motifs is 2. The smallest absolute Gasteiger partial charge is 0.381 e. The number of nitrogens with zero attached hydrogens (tertiary/aromatic N) is 4. The largest absolute Gasteiger partial charge is 0.393 e. The van der Waals surface area contributed by atoms with Gasteiger partial charge in [0.1, 0.15) is 6.20 Å². The van der Waals surface area contributed by atoms with Crippen LogP contribution < -0.4 is 0 Å². The first-order chi connectivity index (χ1) is 10.0. The van der Waals surface area contributed by atoms with Gasteiger partial charge in [-0.15, -0.1) is 0 Å². The van der Waals surface area contributed by atoms with Crippen LogP contribution in [0.1, 0.15) is 32.1 Å². The van der Waals surface area contributed by atoms with Crippen LogP contribution in [-0.4, -0.2) is 48.6 Å². The Labute approximate surface area is 121 Å². The third kappa shape index (κ3) is 2.76. The van der Waals surface area contributed by atoms with E-state index < -0.39 is 4.92 Å². The first-order valence-electron chi connectivity index (χ1n) is 7.20. The van der Waals surface area contributed by atoms with Gasteiger partial charge in [-0.05, 0) is 35.6 Å². The van der Waals surface area contributed by atoms with Crippen LogP contribution in [0.4, 0.5) is 5.82 Å². The van der Waals surface area contributed by atoms with Crippen molar-refractivity contribution in [3.05, 3.63) is 22.6 Å². The van der Waals surface area contributed by atoms with Gasteiger partial charge in [-0.3, -0.25) is 4.79 Å². The van der Waals surface area contributed by atoms with E-state index in [1.807, 2.05) is 4.90 Å². The Morgan fingerprint density at radius 3 is 2.67 bits per heavy atom. The van der Waals surface area contributed by atoms with Crippen molar-refractivity contribution in [1.29, 1.82) is 0 Å². The van der Waals surface area contributed by atoms with Gasteiger partial charge < -0.3 is 24.7 Å². The summed E-state index contributed by atoms with van der Waals surface area (Å²) < 4.78 is 1.57. The minimum Gasteiger partial charge on any atom is -0.393 e. The third-order valence-corrected chi connectivity index (χ3v) is 4.39. The lowest BCUT2D eigenvalue weighted by molar-refractivity contribution is -0.389. The second-order valence-electron chi connectivity index (χ2n) is 5.79. The van der Waals surface area contributed by atoms with Crippen molar-refractivity contribution >= 4 is 11.7 Å². The normalized spacial score (nSPS) is 27.9. The number of piperidine rings is 1. The zero-order valence-electron chi connectivity index (χ0n) is 11.6. The fraction of sp³-hybridized carbons (Fsp3) is 0.692. The molecule has 2 unspecified atom stereocenters. The predicted molar refractivity (Wildman–Crippen MR) is 72.4 cm³/mol. The maximum absolute atomic E-state index is 12.4. The van der Waals surface area contributed by atoms with Crippen LogP contribution in [0.15, 0.2) is 12.5 Å². The molecule has 2 fully saturated rings. The number of nitro groups is 1. The Morgan fingerprint density at radius 2 is 2.10 bits per heavy atom. The van der Waals surface area contributed by atoms with E-state index in [-0.39, 0.29) is 29.9 Å². The molecule has 2 aliphatic heterocycles. The molecule has 0 aliphatic carbocycles. The molecule has 8 nitrogen and oxygen atoms in total. The summed E-state index contributed by atoms with van der Waals surface area (Å²) in [4.78, 5) is 27.9. The molecule has 1 amide bonds. The number of aliphatic hydroxyl groups excluding tert-OH is 1. The molecule has 0 saturated carbocycles. The molecule has 2 saturated heterocycles. The maximum atomic E-state index is 12.4. The van der Waals surface area contributed by atoms with Gasteiger partial charge in [0.05, 0.1) is 6.10 Å². The van der Waals surface area contributed by atoms with E-state index in [0.717, 1.165) is 12.8 Å². The number of imidazole rings is 1. The zero-order chi connectivity index (χ0) is 15.0. The molecule has 2 aliphatic rings. The summed E-state index contributed by atoms with van der Waals surface area (Å²) in [6.45, 7) is 0.387. The number of hydrogen-bond donors (Lipinski definition) is 1. The van der Waals surface area contributed by atoms with Gasteiger partial charge in [-0.1, -0.05) is 0 Å². The Balaban J connectivity index is 1.58. The lowest BCUT2D eigenvalue weighted by Crippen LogP contribution is -2.48. The van der Waals surface area contributed by atoms with Crippen LogP contribution in [0, 0.1) is 10.1 Å². The summed E-state index contributed by atoms with van der Waals surface area (Å²) in [5, 5.41) is 20.3. The Morgan fingerprint density at radius 1 is 1.43 bits per heavy atom. The highest BCUT2D eigenvalue weighted by molar-refractivity contribution is 5.77. The maximum Gasteiger partial charge on any atom is 0.381 e. The number of aromatic nitrogens is 2. The van der Waals surface area contributed by atoms with E-state index in [0.29, 0.717) is 25.8 Å². The second-order valence-corrected chi connectivity index (χ2v) is 5.79. The monoisotopic (exact) mass is 294 g/mol. The summed E-state index contributed by atoms with van der Waals surface area (Å²) in [5.41, 5.74) is 0. The molecule has 1 aromatic rings. The van der Waals surface area contributed by atoms with Crippen LogP contribution in [0.3, 0.4) is 0 Å². The second kappa shape index (κ2) is 5.44. The number of carbonyl (C=O) groups is 1. The lowest BCUT2D eigenvalue weighted by Gasteiger charge is -2.37. The fourth-order valence-electron chi connectivity index (χ4n) is 3.47. The Bertz CT molecular complexity index is 544. The van der Waals surface area contributed by atoms with Gasteiger partial charge in [0.15, 0.2) is 0 Å². The van der Waals surface area contributed by atoms with Gasteiger partial charge in [-0.2, -0.15) is 0 Å². The molecule has 1 N–H and O–H groups in total. The fourth-order valence-corrected chi connectivity index (χ4v) is 3.47. The highest BCUT2D eigenvalue weighted by atomic mass is 16.6. The van der Waals surface area contributed by atoms with E-state index in [1.165, 1.54) is 12.5 Å². The minimum absolute atomic E-state index is 0.0609. The summed E-state index contributed by atoms with van der Waals surface area (Å²) in [5.74, 6) is -0.144. The SMILES string of the molecule is O=C(CCn1cnc([N+](=O)[O-])c1)N1C2CCC1CC(O)C2. The number of aliphatic hydroxyl groups is 1. The molecule has 2 bridgehead atoms. The van der Waals surface area contributed by atoms with Crippen molar-refractivity contribution < 1.29 is 14.8 Å². The molecule has 21 heavy (non-hydrogen) atoms. The standard InChI is InChI=1S/C13H18N4O4/c18-11-5-9-1-2-10(6-11)16(9)13(19)3-4-15-7-12(14-8-15)17(20)21/h7-11,18H,1-6H2. The predicted octanol–water partition coefficient (Wildman–Crippen LogP) is 0.696. The lowest BCUT2D eigenvalue weighted by atomic mass is 9.99. The average Bonchev–Trinajstić information content (AvgIpc) is 3.00. The van der Waals surface area contributed by atoms with Gasteiger partial charge >= 0.3 is 5.82 Å². The molecule has 0 radical (unpaired) electrons. The van der Waals surface area contributed by atoms with Crippen molar-refractivity contribution in [2.75, 3.05) is 0 Å². The van der Waals surface area contributed by atoms with Crippen LogP contribution >= 0.6 is 0 Å². The minimum atomic E-state index is -0.551. The molecule has 0 aromatic carbocycles. The number of aryl methyl sites for hydroxylation is 1. The molecule has 0 spiro atoms. The highest BCUT2D eigenvalue weighted by Crippen LogP contribution is 2.36. The molecule has 2 atom stereocenters. The summed E-state index contributed by atoms with van der Waals surface area (Å²) in [6, 6.07) is 0.312. The third-order valence-electron chi connectivity index (χ3n) is 4.39. The van der Waals surface area contributed by atoms with Crippen LogP contribution in [0.5, 0.6) is 0 Å². The van der Waals surface area contributed by atoms with Crippen molar-refractivity contribution in [3.8, 4) is 0 Å². The van der Waals surface area contributed by atoms with Crippen molar-refractivity contribution in [1.82, 2.24) is 14.5 Å². The van der Waals surface area contributed by atoms with Crippen LogP contribution in [-0.2, 0) is 11.3 Å². The number of rotatable bonds is 4. The summed E-state index contributed by atoms with van der Waals surface area (Å²) in [6.07, 6.45) is 5.98. The van der Waals surface area contributed by atoms with E-state index in [9.17, 15) is 20.0 Å². The van der Waals surface area contributed by atoms with E-state index >= 15 is 0 Å². The topological polar surface area (TPSA) is 102 Å². The van der Waals surface area contributed by atoms with Crippen LogP contribution in [0.25, 0.3) is 0 Å². The number of amides is 1. The van der Waals surface area contributed by atoms with Crippen molar-refractivity contribution in [2.45, 2.75) is 56.8 Å². The van der Waals surface area contributed by atoms with Crippen molar-refractivity contribution in [3.63, 3.8) is 0 Å². The summed E-state index contributed by atoms with van der Waals surface area (Å²) >= 11 is 0. The molecule has 8 heteroatoms. The molecular weight excluding hydrogens is 276 g/mol. The molecule has 114 valence electrons. The van der Waals surface area contributed by atoms with Crippen LogP contribution in [0.2, 0.25) is 0 Å². The van der Waals surface area contributed by atoms with Gasteiger partial charge in [0.25, 0.3) is 0 Å². The summed E-state index contributed by atoms with van der Waals surface area (Å²) in [7, 11) is 0. The molecular formula is C13H18N4O4. The van der Waals surface area contributed by atoms with Crippen molar-refractivity contribution in [2.24, 2.45) is 0 Å². The molecule has 3 rings (SSSR count). The molecule has 3 heterocycles. The van der Waals surface area contributed by atoms with Gasteiger partial charge in [0.2, 0.25) is 12.2 Å². The first kappa shape index (κ1) is 14.0. The zero-order valence-corrected chi connectivity index (χ0v) is 11.6. The number of carbonyl (C=O) groups excluding carboxylic acids is 1. The van der Waals surface area contributed by atoms with E-state index in [4.69, 9.17) is 0 Å². The van der Waals surface area contributed by atoms with Gasteiger partial charge in [0, 0.05) is 25.0 Å². The molecule has 1 aromatic heterocycles. The highest BCUT2D eigenvalue weighted by Gasteiger charge is 2.42. The van der Waals surface area contributed by atoms with E-state index in [2.05, 4.69) is 4.98 Å². The average molecular weight is 294 g/mol. The number of hydrogen-bond acceptors (Lipinski definition) is 5. The quantitative estimate of drug-likeness (QED) is 0.650. The van der Waals surface area contributed by atoms with E-state index in [1.54, 1.807) is 4.57 Å². The Hall–Kier alpha value is -1.96. The van der Waals surface area contributed by atoms with Gasteiger partial charge in [-0.25, -0.2) is 0 Å². The Kier molecular flexibility index (Phi) is 3.62. The first-order valence-corrected chi connectivity index (χ1v) is 7.20.